The van der Waals surface area contributed by atoms with Gasteiger partial charge >= 0.3 is 0 Å². The van der Waals surface area contributed by atoms with Gasteiger partial charge < -0.3 is 15.2 Å². The Balaban J connectivity index is 2.41. The summed E-state index contributed by atoms with van der Waals surface area (Å²) in [4.78, 5) is 4.16. The largest absolute Gasteiger partial charge is 0.491 e. The fraction of sp³-hybridized carbons (Fsp3) is 0.545. The lowest BCUT2D eigenvalue weighted by atomic mass is 10.2. The van der Waals surface area contributed by atoms with Crippen LogP contribution in [0.1, 0.15) is 11.3 Å². The minimum atomic E-state index is 0.422. The molecule has 0 aliphatic heterocycles. The molecule has 1 heterocycles. The van der Waals surface area contributed by atoms with Crippen molar-refractivity contribution in [1.29, 1.82) is 0 Å². The summed E-state index contributed by atoms with van der Waals surface area (Å²) < 4.78 is 10.8. The zero-order valence-corrected chi connectivity index (χ0v) is 10.2. The molecule has 0 bridgehead atoms. The maximum Gasteiger partial charge on any atom is 0.125 e. The number of halogens is 1. The molecule has 0 fully saturated rings. The molecule has 90 valence electrons. The molecule has 1 rings (SSSR count). The van der Waals surface area contributed by atoms with E-state index < -0.39 is 0 Å². The van der Waals surface area contributed by atoms with Gasteiger partial charge in [-0.2, -0.15) is 0 Å². The van der Waals surface area contributed by atoms with Gasteiger partial charge in [-0.1, -0.05) is 0 Å². The van der Waals surface area contributed by atoms with Crippen LogP contribution in [-0.2, 0) is 11.3 Å². The first-order chi connectivity index (χ1) is 7.79. The molecule has 0 radical (unpaired) electrons. The van der Waals surface area contributed by atoms with Gasteiger partial charge in [0.15, 0.2) is 0 Å². The summed E-state index contributed by atoms with van der Waals surface area (Å²) in [5.74, 6) is 1.32. The third-order valence-corrected chi connectivity index (χ3v) is 2.31. The fourth-order valence-electron chi connectivity index (χ4n) is 1.29. The number of alkyl halides is 1. The number of hydrogen-bond acceptors (Lipinski definition) is 4. The van der Waals surface area contributed by atoms with E-state index in [-0.39, 0.29) is 0 Å². The Morgan fingerprint density at radius 2 is 2.19 bits per heavy atom. The van der Waals surface area contributed by atoms with Gasteiger partial charge in [0, 0.05) is 24.2 Å². The van der Waals surface area contributed by atoms with E-state index in [4.69, 9.17) is 26.8 Å². The molecule has 4 nitrogen and oxygen atoms in total. The van der Waals surface area contributed by atoms with Crippen molar-refractivity contribution in [2.24, 2.45) is 5.73 Å². The third kappa shape index (κ3) is 3.96. The van der Waals surface area contributed by atoms with Gasteiger partial charge in [-0.05, 0) is 13.0 Å². The highest BCUT2D eigenvalue weighted by atomic mass is 35.5. The first kappa shape index (κ1) is 13.2. The molecule has 1 aromatic heterocycles. The second-order valence-corrected chi connectivity index (χ2v) is 3.61. The molecular weight excluding hydrogens is 228 g/mol. The van der Waals surface area contributed by atoms with Gasteiger partial charge in [-0.25, -0.2) is 0 Å². The highest BCUT2D eigenvalue weighted by molar-refractivity contribution is 6.17. The van der Waals surface area contributed by atoms with Crippen LogP contribution in [0.2, 0.25) is 0 Å². The molecule has 0 aliphatic rings. The summed E-state index contributed by atoms with van der Waals surface area (Å²) >= 11 is 5.47. The first-order valence-electron chi connectivity index (χ1n) is 5.20. The molecule has 2 N–H and O–H groups in total. The Kier molecular flexibility index (Phi) is 6.15. The van der Waals surface area contributed by atoms with Crippen molar-refractivity contribution in [3.8, 4) is 5.75 Å². The fourth-order valence-corrected chi connectivity index (χ4v) is 1.40. The molecule has 0 unspecified atom stereocenters. The van der Waals surface area contributed by atoms with Crippen LogP contribution in [0, 0.1) is 6.92 Å². The van der Waals surface area contributed by atoms with Gasteiger partial charge in [0.25, 0.3) is 0 Å². The minimum Gasteiger partial charge on any atom is -0.491 e. The normalized spacial score (nSPS) is 10.4. The lowest BCUT2D eigenvalue weighted by Crippen LogP contribution is -2.10. The monoisotopic (exact) mass is 244 g/mol. The van der Waals surface area contributed by atoms with Crippen molar-refractivity contribution in [2.75, 3.05) is 25.7 Å². The third-order valence-electron chi connectivity index (χ3n) is 2.16. The number of pyridine rings is 1. The van der Waals surface area contributed by atoms with Gasteiger partial charge in [0.2, 0.25) is 0 Å². The van der Waals surface area contributed by atoms with Crippen LogP contribution in [0.5, 0.6) is 5.75 Å². The van der Waals surface area contributed by atoms with Crippen LogP contribution >= 0.6 is 11.6 Å². The number of rotatable bonds is 7. The molecule has 0 aromatic carbocycles. The summed E-state index contributed by atoms with van der Waals surface area (Å²) in [7, 11) is 0. The number of aromatic nitrogens is 1. The predicted octanol–water partition coefficient (Wildman–Crippen LogP) is 1.48. The van der Waals surface area contributed by atoms with E-state index in [0.29, 0.717) is 32.2 Å². The molecule has 0 spiro atoms. The molecule has 0 amide bonds. The molecule has 0 saturated carbocycles. The standard InChI is InChI=1S/C11H17ClN2O2/c1-9-10(8-13)14-4-2-11(9)16-7-6-15-5-3-12/h2,4H,3,5-8,13H2,1H3. The lowest BCUT2D eigenvalue weighted by molar-refractivity contribution is 0.111. The van der Waals surface area contributed by atoms with E-state index in [1.807, 2.05) is 13.0 Å². The summed E-state index contributed by atoms with van der Waals surface area (Å²) in [6, 6.07) is 1.83. The van der Waals surface area contributed by atoms with Crippen molar-refractivity contribution in [1.82, 2.24) is 4.98 Å². The maximum atomic E-state index is 5.56. The number of nitrogens with two attached hydrogens (primary N) is 1. The average Bonchev–Trinajstić information content (AvgIpc) is 2.31. The van der Waals surface area contributed by atoms with E-state index in [1.165, 1.54) is 0 Å². The van der Waals surface area contributed by atoms with Gasteiger partial charge in [-0.3, -0.25) is 4.98 Å². The molecule has 0 saturated heterocycles. The van der Waals surface area contributed by atoms with E-state index in [2.05, 4.69) is 4.98 Å². The van der Waals surface area contributed by atoms with Crippen LogP contribution < -0.4 is 10.5 Å². The van der Waals surface area contributed by atoms with E-state index in [1.54, 1.807) is 6.20 Å². The minimum absolute atomic E-state index is 0.422. The second-order valence-electron chi connectivity index (χ2n) is 3.23. The van der Waals surface area contributed by atoms with Crippen LogP contribution in [0.4, 0.5) is 0 Å². The summed E-state index contributed by atoms with van der Waals surface area (Å²) in [6.45, 7) is 3.96. The number of nitrogens with zero attached hydrogens (tertiary/aromatic N) is 1. The summed E-state index contributed by atoms with van der Waals surface area (Å²) in [6.07, 6.45) is 1.70. The number of ether oxygens (including phenoxy) is 2. The molecule has 0 aliphatic carbocycles. The maximum absolute atomic E-state index is 5.56. The van der Waals surface area contributed by atoms with Crippen LogP contribution in [0.15, 0.2) is 12.3 Å². The second kappa shape index (κ2) is 7.44. The van der Waals surface area contributed by atoms with Crippen LogP contribution in [0.3, 0.4) is 0 Å². The van der Waals surface area contributed by atoms with Crippen LogP contribution in [0.25, 0.3) is 0 Å². The van der Waals surface area contributed by atoms with E-state index >= 15 is 0 Å². The molecule has 5 heteroatoms. The average molecular weight is 245 g/mol. The topological polar surface area (TPSA) is 57.4 Å². The molecule has 16 heavy (non-hydrogen) atoms. The van der Waals surface area contributed by atoms with Gasteiger partial charge in [0.1, 0.15) is 12.4 Å². The zero-order chi connectivity index (χ0) is 11.8. The first-order valence-corrected chi connectivity index (χ1v) is 5.74. The number of hydrogen-bond donors (Lipinski definition) is 1. The smallest absolute Gasteiger partial charge is 0.125 e. The Morgan fingerprint density at radius 1 is 1.38 bits per heavy atom. The Hall–Kier alpha value is -0.840. The zero-order valence-electron chi connectivity index (χ0n) is 9.41. The van der Waals surface area contributed by atoms with Crippen molar-refractivity contribution in [2.45, 2.75) is 13.5 Å². The summed E-state index contributed by atoms with van der Waals surface area (Å²) in [5, 5.41) is 0. The SMILES string of the molecule is Cc1c(OCCOCCCl)ccnc1CN. The molecule has 0 atom stereocenters. The van der Waals surface area contributed by atoms with Crippen molar-refractivity contribution in [3.63, 3.8) is 0 Å². The van der Waals surface area contributed by atoms with E-state index in [0.717, 1.165) is 17.0 Å². The van der Waals surface area contributed by atoms with Gasteiger partial charge in [0.05, 0.1) is 18.9 Å². The predicted molar refractivity (Wildman–Crippen MR) is 63.9 cm³/mol. The highest BCUT2D eigenvalue weighted by Crippen LogP contribution is 2.18. The quantitative estimate of drug-likeness (QED) is 0.583. The van der Waals surface area contributed by atoms with Crippen molar-refractivity contribution >= 4 is 11.6 Å². The van der Waals surface area contributed by atoms with Crippen molar-refractivity contribution in [3.05, 3.63) is 23.5 Å². The molecule has 1 aromatic rings. The molecular formula is C11H17ClN2O2. The summed E-state index contributed by atoms with van der Waals surface area (Å²) in [5.41, 5.74) is 7.41. The Morgan fingerprint density at radius 3 is 2.88 bits per heavy atom. The Labute approximate surface area is 101 Å². The van der Waals surface area contributed by atoms with Crippen molar-refractivity contribution < 1.29 is 9.47 Å². The highest BCUT2D eigenvalue weighted by Gasteiger charge is 2.04. The Bertz CT molecular complexity index is 321. The van der Waals surface area contributed by atoms with E-state index in [9.17, 15) is 0 Å². The van der Waals surface area contributed by atoms with Crippen LogP contribution in [-0.4, -0.2) is 30.7 Å². The lowest BCUT2D eigenvalue weighted by Gasteiger charge is -2.11. The van der Waals surface area contributed by atoms with Gasteiger partial charge in [-0.15, -0.1) is 11.6 Å².